The summed E-state index contributed by atoms with van der Waals surface area (Å²) < 4.78 is 4.91. The Labute approximate surface area is 91.8 Å². The van der Waals surface area contributed by atoms with Gasteiger partial charge in [-0.25, -0.2) is 0 Å². The van der Waals surface area contributed by atoms with Crippen LogP contribution in [0.15, 0.2) is 0 Å². The molecule has 0 aromatic heterocycles. The van der Waals surface area contributed by atoms with E-state index in [1.807, 2.05) is 0 Å². The monoisotopic (exact) mass is 211 g/mol. The molecule has 0 aromatic carbocycles. The molecule has 1 aliphatic heterocycles. The number of nitrogens with zero attached hydrogens (tertiary/aromatic N) is 1. The molecular formula is C12H21NO2. The van der Waals surface area contributed by atoms with Gasteiger partial charge in [0.25, 0.3) is 0 Å². The Balaban J connectivity index is 2.03. The van der Waals surface area contributed by atoms with Crippen molar-refractivity contribution in [3.63, 3.8) is 0 Å². The summed E-state index contributed by atoms with van der Waals surface area (Å²) in [6.45, 7) is 6.62. The van der Waals surface area contributed by atoms with Crippen LogP contribution in [0.25, 0.3) is 0 Å². The molecule has 15 heavy (non-hydrogen) atoms. The smallest absolute Gasteiger partial charge is 0.323 e. The number of hydrogen-bond acceptors (Lipinski definition) is 3. The van der Waals surface area contributed by atoms with E-state index in [0.717, 1.165) is 13.1 Å². The third-order valence-electron chi connectivity index (χ3n) is 3.61. The fourth-order valence-corrected chi connectivity index (χ4v) is 2.56. The van der Waals surface area contributed by atoms with Crippen molar-refractivity contribution in [1.29, 1.82) is 0 Å². The van der Waals surface area contributed by atoms with Crippen LogP contribution < -0.4 is 0 Å². The molecular weight excluding hydrogens is 190 g/mol. The van der Waals surface area contributed by atoms with Gasteiger partial charge in [0.1, 0.15) is 6.04 Å². The minimum Gasteiger partial charge on any atom is -0.468 e. The highest BCUT2D eigenvalue weighted by Crippen LogP contribution is 2.40. The Bertz CT molecular complexity index is 258. The minimum absolute atomic E-state index is 0.0322. The summed E-state index contributed by atoms with van der Waals surface area (Å²) in [5.41, 5.74) is 0.362. The second-order valence-electron chi connectivity index (χ2n) is 5.69. The maximum absolute atomic E-state index is 11.7. The summed E-state index contributed by atoms with van der Waals surface area (Å²) in [5.74, 6) is 0.529. The molecule has 0 aromatic rings. The van der Waals surface area contributed by atoms with Crippen molar-refractivity contribution in [2.45, 2.75) is 39.2 Å². The first-order chi connectivity index (χ1) is 7.03. The van der Waals surface area contributed by atoms with Crippen LogP contribution in [0.4, 0.5) is 0 Å². The van der Waals surface area contributed by atoms with Gasteiger partial charge in [-0.3, -0.25) is 9.69 Å². The SMILES string of the molecule is COC(=O)C(C1CC1)N1CCC(C)(C)C1. The number of methoxy groups -OCH3 is 1. The van der Waals surface area contributed by atoms with Crippen molar-refractivity contribution in [3.05, 3.63) is 0 Å². The number of carbonyl (C=O) groups excluding carboxylic acids is 1. The number of esters is 1. The lowest BCUT2D eigenvalue weighted by Gasteiger charge is -2.26. The maximum atomic E-state index is 11.7. The van der Waals surface area contributed by atoms with Gasteiger partial charge in [0, 0.05) is 6.54 Å². The zero-order valence-electron chi connectivity index (χ0n) is 9.95. The van der Waals surface area contributed by atoms with E-state index in [0.29, 0.717) is 11.3 Å². The Morgan fingerprint density at radius 1 is 1.47 bits per heavy atom. The molecule has 1 aliphatic carbocycles. The fourth-order valence-electron chi connectivity index (χ4n) is 2.56. The molecule has 1 saturated carbocycles. The van der Waals surface area contributed by atoms with Crippen molar-refractivity contribution in [2.75, 3.05) is 20.2 Å². The van der Waals surface area contributed by atoms with Crippen molar-refractivity contribution in [3.8, 4) is 0 Å². The van der Waals surface area contributed by atoms with Crippen LogP contribution in [0.5, 0.6) is 0 Å². The number of ether oxygens (including phenoxy) is 1. The number of rotatable bonds is 3. The standard InChI is InChI=1S/C12H21NO2/c1-12(2)6-7-13(8-12)10(9-4-5-9)11(14)15-3/h9-10H,4-8H2,1-3H3. The van der Waals surface area contributed by atoms with Gasteiger partial charge in [0.05, 0.1) is 7.11 Å². The zero-order chi connectivity index (χ0) is 11.1. The summed E-state index contributed by atoms with van der Waals surface area (Å²) in [4.78, 5) is 14.1. The van der Waals surface area contributed by atoms with Crippen LogP contribution in [0, 0.1) is 11.3 Å². The molecule has 1 unspecified atom stereocenters. The Morgan fingerprint density at radius 2 is 2.13 bits per heavy atom. The van der Waals surface area contributed by atoms with Gasteiger partial charge in [-0.05, 0) is 37.1 Å². The van der Waals surface area contributed by atoms with Crippen molar-refractivity contribution < 1.29 is 9.53 Å². The summed E-state index contributed by atoms with van der Waals surface area (Å²) in [6.07, 6.45) is 3.57. The predicted octanol–water partition coefficient (Wildman–Crippen LogP) is 1.67. The molecule has 1 atom stereocenters. The zero-order valence-corrected chi connectivity index (χ0v) is 9.95. The second-order valence-corrected chi connectivity index (χ2v) is 5.69. The fraction of sp³-hybridized carbons (Fsp3) is 0.917. The molecule has 0 spiro atoms. The van der Waals surface area contributed by atoms with E-state index in [1.54, 1.807) is 0 Å². The average molecular weight is 211 g/mol. The summed E-state index contributed by atoms with van der Waals surface area (Å²) >= 11 is 0. The van der Waals surface area contributed by atoms with Gasteiger partial charge in [0.15, 0.2) is 0 Å². The Hall–Kier alpha value is -0.570. The van der Waals surface area contributed by atoms with Crippen molar-refractivity contribution >= 4 is 5.97 Å². The lowest BCUT2D eigenvalue weighted by atomic mass is 9.93. The summed E-state index contributed by atoms with van der Waals surface area (Å²) in [6, 6.07) is 0.0387. The molecule has 1 saturated heterocycles. The van der Waals surface area contributed by atoms with Crippen LogP contribution in [0.1, 0.15) is 33.1 Å². The molecule has 86 valence electrons. The highest BCUT2D eigenvalue weighted by Gasteiger charge is 2.44. The molecule has 2 aliphatic rings. The summed E-state index contributed by atoms with van der Waals surface area (Å²) in [5, 5.41) is 0. The highest BCUT2D eigenvalue weighted by molar-refractivity contribution is 5.76. The van der Waals surface area contributed by atoms with Crippen LogP contribution >= 0.6 is 0 Å². The van der Waals surface area contributed by atoms with Gasteiger partial charge in [-0.2, -0.15) is 0 Å². The predicted molar refractivity (Wildman–Crippen MR) is 58.5 cm³/mol. The average Bonchev–Trinajstić information content (AvgIpc) is 2.92. The lowest BCUT2D eigenvalue weighted by molar-refractivity contribution is -0.147. The second kappa shape index (κ2) is 3.78. The molecule has 0 N–H and O–H groups in total. The van der Waals surface area contributed by atoms with E-state index in [-0.39, 0.29) is 12.0 Å². The third-order valence-corrected chi connectivity index (χ3v) is 3.61. The van der Waals surface area contributed by atoms with Crippen LogP contribution in [-0.4, -0.2) is 37.1 Å². The molecule has 0 radical (unpaired) electrons. The van der Waals surface area contributed by atoms with Gasteiger partial charge < -0.3 is 4.74 Å². The normalized spacial score (nSPS) is 27.7. The first-order valence-electron chi connectivity index (χ1n) is 5.85. The Morgan fingerprint density at radius 3 is 2.53 bits per heavy atom. The number of carbonyl (C=O) groups is 1. The molecule has 3 heteroatoms. The van der Waals surface area contributed by atoms with Gasteiger partial charge in [-0.15, -0.1) is 0 Å². The molecule has 2 rings (SSSR count). The van der Waals surface area contributed by atoms with E-state index in [9.17, 15) is 4.79 Å². The first-order valence-corrected chi connectivity index (χ1v) is 5.85. The third kappa shape index (κ3) is 2.33. The Kier molecular flexibility index (Phi) is 2.75. The maximum Gasteiger partial charge on any atom is 0.323 e. The quantitative estimate of drug-likeness (QED) is 0.665. The van der Waals surface area contributed by atoms with E-state index >= 15 is 0 Å². The van der Waals surface area contributed by atoms with E-state index in [4.69, 9.17) is 4.74 Å². The number of hydrogen-bond donors (Lipinski definition) is 0. The molecule has 3 nitrogen and oxygen atoms in total. The van der Waals surface area contributed by atoms with Crippen LogP contribution in [-0.2, 0) is 9.53 Å². The molecule has 2 fully saturated rings. The summed E-state index contributed by atoms with van der Waals surface area (Å²) in [7, 11) is 1.50. The largest absolute Gasteiger partial charge is 0.468 e. The van der Waals surface area contributed by atoms with Crippen LogP contribution in [0.2, 0.25) is 0 Å². The molecule has 0 amide bonds. The lowest BCUT2D eigenvalue weighted by Crippen LogP contribution is -2.42. The van der Waals surface area contributed by atoms with E-state index in [2.05, 4.69) is 18.7 Å². The topological polar surface area (TPSA) is 29.5 Å². The minimum atomic E-state index is -0.0322. The van der Waals surface area contributed by atoms with E-state index < -0.39 is 0 Å². The van der Waals surface area contributed by atoms with Crippen LogP contribution in [0.3, 0.4) is 0 Å². The van der Waals surface area contributed by atoms with Gasteiger partial charge in [0.2, 0.25) is 0 Å². The molecule has 1 heterocycles. The first kappa shape index (κ1) is 10.9. The number of likely N-dealkylation sites (tertiary alicyclic amines) is 1. The molecule has 0 bridgehead atoms. The highest BCUT2D eigenvalue weighted by atomic mass is 16.5. The van der Waals surface area contributed by atoms with Crippen molar-refractivity contribution in [1.82, 2.24) is 4.90 Å². The van der Waals surface area contributed by atoms with Gasteiger partial charge in [-0.1, -0.05) is 13.8 Å². The van der Waals surface area contributed by atoms with Crippen molar-refractivity contribution in [2.24, 2.45) is 11.3 Å². The van der Waals surface area contributed by atoms with E-state index in [1.165, 1.54) is 26.4 Å². The van der Waals surface area contributed by atoms with Gasteiger partial charge >= 0.3 is 5.97 Å².